The van der Waals surface area contributed by atoms with Crippen molar-refractivity contribution in [3.05, 3.63) is 47.9 Å². The highest BCUT2D eigenvalue weighted by molar-refractivity contribution is 7.99. The third kappa shape index (κ3) is 2.67. The van der Waals surface area contributed by atoms with Crippen molar-refractivity contribution < 1.29 is 4.79 Å². The molecule has 1 aromatic carbocycles. The Morgan fingerprint density at radius 1 is 1.25 bits per heavy atom. The molecule has 124 valence electrons. The van der Waals surface area contributed by atoms with Crippen LogP contribution in [0.25, 0.3) is 10.9 Å². The van der Waals surface area contributed by atoms with E-state index < -0.39 is 0 Å². The van der Waals surface area contributed by atoms with Crippen molar-refractivity contribution in [2.75, 3.05) is 5.75 Å². The maximum Gasteiger partial charge on any atom is 0.232 e. The van der Waals surface area contributed by atoms with Crippen LogP contribution < -0.4 is 0 Å². The lowest BCUT2D eigenvalue weighted by Gasteiger charge is -2.15. The van der Waals surface area contributed by atoms with Crippen LogP contribution in [-0.4, -0.2) is 25.8 Å². The number of hydrogen-bond donors (Lipinski definition) is 0. The Morgan fingerprint density at radius 3 is 2.92 bits per heavy atom. The van der Waals surface area contributed by atoms with Crippen LogP contribution in [0.5, 0.6) is 0 Å². The van der Waals surface area contributed by atoms with E-state index >= 15 is 0 Å². The van der Waals surface area contributed by atoms with Gasteiger partial charge in [-0.15, -0.1) is 0 Å². The van der Waals surface area contributed by atoms with Gasteiger partial charge in [-0.25, -0.2) is 4.98 Å². The molecular formula is C19H21N3OS. The fourth-order valence-electron chi connectivity index (χ4n) is 3.61. The average Bonchev–Trinajstić information content (AvgIpc) is 3.16. The van der Waals surface area contributed by atoms with Crippen LogP contribution in [0.2, 0.25) is 0 Å². The standard InChI is InChI=1S/C19H21N3OS/c1-21-12-11-20-19(21)24-13-10-18(23)22-16-8-4-2-6-14(16)15-7-3-5-9-17(15)22/h2,4,6,8,11-12H,3,5,7,9-10,13H2,1H3. The number of nitrogens with zero attached hydrogens (tertiary/aromatic N) is 3. The summed E-state index contributed by atoms with van der Waals surface area (Å²) in [5.74, 6) is 0.960. The number of benzene rings is 1. The number of aryl methyl sites for hydroxylation is 2. The molecule has 5 heteroatoms. The van der Waals surface area contributed by atoms with Crippen LogP contribution in [0.4, 0.5) is 0 Å². The maximum absolute atomic E-state index is 12.9. The molecule has 0 fully saturated rings. The fraction of sp³-hybridized carbons (Fsp3) is 0.368. The Hall–Kier alpha value is -2.01. The first-order valence-electron chi connectivity index (χ1n) is 8.50. The van der Waals surface area contributed by atoms with Gasteiger partial charge in [0.1, 0.15) is 0 Å². The largest absolute Gasteiger partial charge is 0.329 e. The smallest absolute Gasteiger partial charge is 0.232 e. The van der Waals surface area contributed by atoms with E-state index in [1.54, 1.807) is 18.0 Å². The van der Waals surface area contributed by atoms with Crippen LogP contribution in [0, 0.1) is 0 Å². The SMILES string of the molecule is Cn1ccnc1SCCC(=O)n1c2c(c3ccccc31)CCCC2. The predicted octanol–water partition coefficient (Wildman–Crippen LogP) is 4.08. The summed E-state index contributed by atoms with van der Waals surface area (Å²) in [4.78, 5) is 17.2. The van der Waals surface area contributed by atoms with Crippen molar-refractivity contribution in [2.24, 2.45) is 7.05 Å². The van der Waals surface area contributed by atoms with Crippen LogP contribution in [-0.2, 0) is 19.9 Å². The van der Waals surface area contributed by atoms with Gasteiger partial charge in [-0.3, -0.25) is 9.36 Å². The van der Waals surface area contributed by atoms with Gasteiger partial charge in [0, 0.05) is 42.7 Å². The number of hydrogen-bond acceptors (Lipinski definition) is 3. The Bertz CT molecular complexity index is 893. The fourth-order valence-corrected chi connectivity index (χ4v) is 4.47. The first-order chi connectivity index (χ1) is 11.8. The van der Waals surface area contributed by atoms with Gasteiger partial charge in [-0.2, -0.15) is 0 Å². The van der Waals surface area contributed by atoms with E-state index in [4.69, 9.17) is 0 Å². The van der Waals surface area contributed by atoms with Gasteiger partial charge in [0.05, 0.1) is 5.52 Å². The maximum atomic E-state index is 12.9. The van der Waals surface area contributed by atoms with Gasteiger partial charge >= 0.3 is 0 Å². The molecule has 3 aromatic rings. The second-order valence-corrected chi connectivity index (χ2v) is 7.36. The number of para-hydroxylation sites is 1. The van der Waals surface area contributed by atoms with E-state index in [0.29, 0.717) is 6.42 Å². The summed E-state index contributed by atoms with van der Waals surface area (Å²) < 4.78 is 3.98. The summed E-state index contributed by atoms with van der Waals surface area (Å²) in [6.45, 7) is 0. The van der Waals surface area contributed by atoms with Crippen molar-refractivity contribution in [3.8, 4) is 0 Å². The zero-order valence-corrected chi connectivity index (χ0v) is 14.7. The zero-order valence-electron chi connectivity index (χ0n) is 13.9. The summed E-state index contributed by atoms with van der Waals surface area (Å²) in [7, 11) is 1.98. The quantitative estimate of drug-likeness (QED) is 0.673. The molecule has 2 aromatic heterocycles. The predicted molar refractivity (Wildman–Crippen MR) is 97.8 cm³/mol. The summed E-state index contributed by atoms with van der Waals surface area (Å²) in [5.41, 5.74) is 3.72. The third-order valence-electron chi connectivity index (χ3n) is 4.75. The highest BCUT2D eigenvalue weighted by atomic mass is 32.2. The van der Waals surface area contributed by atoms with Crippen molar-refractivity contribution in [1.82, 2.24) is 14.1 Å². The van der Waals surface area contributed by atoms with Crippen molar-refractivity contribution in [1.29, 1.82) is 0 Å². The molecule has 0 bridgehead atoms. The molecule has 4 rings (SSSR count). The van der Waals surface area contributed by atoms with Crippen molar-refractivity contribution >= 4 is 28.6 Å². The summed E-state index contributed by atoms with van der Waals surface area (Å²) in [6.07, 6.45) is 8.77. The van der Waals surface area contributed by atoms with Crippen LogP contribution in [0.3, 0.4) is 0 Å². The number of aromatic nitrogens is 3. The molecular weight excluding hydrogens is 318 g/mol. The second kappa shape index (κ2) is 6.48. The third-order valence-corrected chi connectivity index (χ3v) is 5.81. The Labute approximate surface area is 145 Å². The minimum Gasteiger partial charge on any atom is -0.329 e. The molecule has 0 radical (unpaired) electrons. The Kier molecular flexibility index (Phi) is 4.19. The molecule has 0 atom stereocenters. The minimum absolute atomic E-state index is 0.205. The molecule has 0 unspecified atom stereocenters. The summed E-state index contributed by atoms with van der Waals surface area (Å²) >= 11 is 1.64. The molecule has 0 N–H and O–H groups in total. The molecule has 24 heavy (non-hydrogen) atoms. The van der Waals surface area contributed by atoms with E-state index in [1.165, 1.54) is 29.5 Å². The topological polar surface area (TPSA) is 39.8 Å². The normalized spacial score (nSPS) is 14.0. The first kappa shape index (κ1) is 15.5. The monoisotopic (exact) mass is 339 g/mol. The van der Waals surface area contributed by atoms with Gasteiger partial charge in [-0.1, -0.05) is 30.0 Å². The Morgan fingerprint density at radius 2 is 2.08 bits per heavy atom. The molecule has 1 aliphatic carbocycles. The van der Waals surface area contributed by atoms with Crippen LogP contribution in [0.15, 0.2) is 41.8 Å². The number of rotatable bonds is 4. The van der Waals surface area contributed by atoms with Crippen LogP contribution >= 0.6 is 11.8 Å². The Balaban J connectivity index is 1.59. The highest BCUT2D eigenvalue weighted by Gasteiger charge is 2.22. The van der Waals surface area contributed by atoms with Gasteiger partial charge in [0.2, 0.25) is 5.91 Å². The van der Waals surface area contributed by atoms with Crippen LogP contribution in [0.1, 0.15) is 35.3 Å². The molecule has 0 aliphatic heterocycles. The molecule has 1 aliphatic rings. The molecule has 0 spiro atoms. The van der Waals surface area contributed by atoms with E-state index in [9.17, 15) is 4.79 Å². The molecule has 0 amide bonds. The molecule has 0 saturated carbocycles. The van der Waals surface area contributed by atoms with E-state index in [2.05, 4.69) is 23.2 Å². The van der Waals surface area contributed by atoms with Crippen molar-refractivity contribution in [2.45, 2.75) is 37.3 Å². The number of fused-ring (bicyclic) bond motifs is 3. The van der Waals surface area contributed by atoms with E-state index in [0.717, 1.165) is 29.3 Å². The first-order valence-corrected chi connectivity index (χ1v) is 9.49. The number of carbonyl (C=O) groups excluding carboxylic acids is 1. The highest BCUT2D eigenvalue weighted by Crippen LogP contribution is 2.32. The number of imidazole rings is 1. The summed E-state index contributed by atoms with van der Waals surface area (Å²) in [5, 5.41) is 2.22. The zero-order chi connectivity index (χ0) is 16.5. The van der Waals surface area contributed by atoms with Gasteiger partial charge in [-0.05, 0) is 37.3 Å². The number of carbonyl (C=O) groups is 1. The summed E-state index contributed by atoms with van der Waals surface area (Å²) in [6, 6.07) is 8.34. The molecule has 2 heterocycles. The lowest BCUT2D eigenvalue weighted by atomic mass is 9.95. The van der Waals surface area contributed by atoms with Gasteiger partial charge in [0.15, 0.2) is 5.16 Å². The lowest BCUT2D eigenvalue weighted by molar-refractivity contribution is 0.0912. The second-order valence-electron chi connectivity index (χ2n) is 6.30. The number of thioether (sulfide) groups is 1. The van der Waals surface area contributed by atoms with E-state index in [-0.39, 0.29) is 5.91 Å². The van der Waals surface area contributed by atoms with E-state index in [1.807, 2.05) is 28.4 Å². The molecule has 4 nitrogen and oxygen atoms in total. The lowest BCUT2D eigenvalue weighted by Crippen LogP contribution is -2.16. The minimum atomic E-state index is 0.205. The molecule has 0 saturated heterocycles. The average molecular weight is 339 g/mol. The van der Waals surface area contributed by atoms with Gasteiger partial charge in [0.25, 0.3) is 0 Å². The van der Waals surface area contributed by atoms with Gasteiger partial charge < -0.3 is 4.57 Å². The van der Waals surface area contributed by atoms with Crippen molar-refractivity contribution in [3.63, 3.8) is 0 Å².